The maximum Gasteiger partial charge on any atom is 0.326 e. The molecule has 0 saturated heterocycles. The van der Waals surface area contributed by atoms with E-state index in [-0.39, 0.29) is 11.8 Å². The number of carbonyl (C=O) groups excluding carboxylic acids is 1. The molecule has 5 heteroatoms. The van der Waals surface area contributed by atoms with Gasteiger partial charge in [-0.1, -0.05) is 42.5 Å². The van der Waals surface area contributed by atoms with Crippen LogP contribution in [-0.4, -0.2) is 33.7 Å². The normalized spacial score (nSPS) is 21.9. The standard InChI is InChI=1S/C19H17NO3S/c21-18(15-11-24-17-8-4-3-7-14(15)17)20-10-13-6-2-1-5-12(13)9-16(20)19(22)23/h1-8,15-16H,9-11H2,(H,22,23). The fraction of sp³-hybridized carbons (Fsp3) is 0.263. The molecule has 2 unspecified atom stereocenters. The van der Waals surface area contributed by atoms with Crippen molar-refractivity contribution in [3.8, 4) is 0 Å². The lowest BCUT2D eigenvalue weighted by Crippen LogP contribution is -2.50. The van der Waals surface area contributed by atoms with E-state index in [0.29, 0.717) is 18.7 Å². The van der Waals surface area contributed by atoms with Crippen molar-refractivity contribution in [2.24, 2.45) is 0 Å². The molecule has 0 bridgehead atoms. The summed E-state index contributed by atoms with van der Waals surface area (Å²) >= 11 is 1.67. The first-order valence-electron chi connectivity index (χ1n) is 7.97. The minimum atomic E-state index is -0.934. The van der Waals surface area contributed by atoms with Gasteiger partial charge in [0.15, 0.2) is 0 Å². The third-order valence-corrected chi connectivity index (χ3v) is 6.00. The lowest BCUT2D eigenvalue weighted by molar-refractivity contribution is -0.151. The van der Waals surface area contributed by atoms with Crippen molar-refractivity contribution < 1.29 is 14.7 Å². The Bertz CT molecular complexity index is 820. The van der Waals surface area contributed by atoms with Crippen molar-refractivity contribution >= 4 is 23.6 Å². The van der Waals surface area contributed by atoms with Crippen molar-refractivity contribution in [3.63, 3.8) is 0 Å². The first-order valence-corrected chi connectivity index (χ1v) is 8.95. The molecular weight excluding hydrogens is 322 g/mol. The summed E-state index contributed by atoms with van der Waals surface area (Å²) in [7, 11) is 0. The number of carboxylic acids is 1. The van der Waals surface area contributed by atoms with Crippen molar-refractivity contribution in [1.82, 2.24) is 4.90 Å². The average Bonchev–Trinajstić information content (AvgIpc) is 3.04. The quantitative estimate of drug-likeness (QED) is 0.914. The summed E-state index contributed by atoms with van der Waals surface area (Å²) in [5, 5.41) is 9.62. The lowest BCUT2D eigenvalue weighted by Gasteiger charge is -2.36. The van der Waals surface area contributed by atoms with E-state index >= 15 is 0 Å². The number of nitrogens with zero attached hydrogens (tertiary/aromatic N) is 1. The number of hydrogen-bond acceptors (Lipinski definition) is 3. The van der Waals surface area contributed by atoms with Gasteiger partial charge in [-0.2, -0.15) is 0 Å². The zero-order chi connectivity index (χ0) is 16.7. The molecule has 0 aliphatic carbocycles. The molecule has 0 spiro atoms. The van der Waals surface area contributed by atoms with Crippen LogP contribution in [-0.2, 0) is 22.6 Å². The molecule has 4 rings (SSSR count). The molecule has 2 aliphatic rings. The predicted octanol–water partition coefficient (Wildman–Crippen LogP) is 2.91. The van der Waals surface area contributed by atoms with Crippen LogP contribution in [0.4, 0.5) is 0 Å². The highest BCUT2D eigenvalue weighted by Crippen LogP contribution is 2.41. The van der Waals surface area contributed by atoms with Gasteiger partial charge in [-0.3, -0.25) is 4.79 Å². The van der Waals surface area contributed by atoms with Crippen LogP contribution in [0.25, 0.3) is 0 Å². The highest BCUT2D eigenvalue weighted by Gasteiger charge is 2.39. The Morgan fingerprint density at radius 1 is 1.04 bits per heavy atom. The molecule has 2 aromatic carbocycles. The Morgan fingerprint density at radius 3 is 2.54 bits per heavy atom. The van der Waals surface area contributed by atoms with Crippen molar-refractivity contribution in [3.05, 3.63) is 65.2 Å². The Hall–Kier alpha value is -2.27. The van der Waals surface area contributed by atoms with Crippen LogP contribution in [0.1, 0.15) is 22.6 Å². The topological polar surface area (TPSA) is 57.6 Å². The molecule has 1 N–H and O–H groups in total. The summed E-state index contributed by atoms with van der Waals surface area (Å²) in [6, 6.07) is 14.9. The molecule has 4 nitrogen and oxygen atoms in total. The third-order valence-electron chi connectivity index (χ3n) is 4.81. The largest absolute Gasteiger partial charge is 0.480 e. The van der Waals surface area contributed by atoms with E-state index in [1.165, 1.54) is 0 Å². The molecule has 0 radical (unpaired) electrons. The Labute approximate surface area is 144 Å². The van der Waals surface area contributed by atoms with E-state index in [1.54, 1.807) is 16.7 Å². The van der Waals surface area contributed by atoms with Crippen LogP contribution in [0.5, 0.6) is 0 Å². The zero-order valence-electron chi connectivity index (χ0n) is 13.0. The first kappa shape index (κ1) is 15.3. The van der Waals surface area contributed by atoms with Crippen molar-refractivity contribution in [2.45, 2.75) is 29.8 Å². The predicted molar refractivity (Wildman–Crippen MR) is 92.0 cm³/mol. The lowest BCUT2D eigenvalue weighted by atomic mass is 9.91. The van der Waals surface area contributed by atoms with Crippen LogP contribution in [0.15, 0.2) is 53.4 Å². The molecule has 2 aromatic rings. The number of hydrogen-bond donors (Lipinski definition) is 1. The number of benzene rings is 2. The minimum Gasteiger partial charge on any atom is -0.480 e. The van der Waals surface area contributed by atoms with E-state index in [0.717, 1.165) is 21.6 Å². The van der Waals surface area contributed by atoms with Crippen molar-refractivity contribution in [2.75, 3.05) is 5.75 Å². The maximum absolute atomic E-state index is 13.1. The highest BCUT2D eigenvalue weighted by atomic mass is 32.2. The average molecular weight is 339 g/mol. The molecule has 24 heavy (non-hydrogen) atoms. The van der Waals surface area contributed by atoms with Gasteiger partial charge in [-0.05, 0) is 22.8 Å². The van der Waals surface area contributed by atoms with Gasteiger partial charge in [-0.15, -0.1) is 11.8 Å². The van der Waals surface area contributed by atoms with Gasteiger partial charge in [-0.25, -0.2) is 4.79 Å². The molecular formula is C19H17NO3S. The smallest absolute Gasteiger partial charge is 0.326 e. The molecule has 2 aliphatic heterocycles. The second kappa shape index (κ2) is 5.98. The van der Waals surface area contributed by atoms with Gasteiger partial charge < -0.3 is 10.0 Å². The van der Waals surface area contributed by atoms with E-state index in [2.05, 4.69) is 0 Å². The summed E-state index contributed by atoms with van der Waals surface area (Å²) in [6.07, 6.45) is 0.374. The molecule has 0 aromatic heterocycles. The number of carbonyl (C=O) groups is 2. The Balaban J connectivity index is 1.67. The van der Waals surface area contributed by atoms with Gasteiger partial charge in [0, 0.05) is 23.6 Å². The number of aliphatic carboxylic acids is 1. The highest BCUT2D eigenvalue weighted by molar-refractivity contribution is 7.99. The number of amides is 1. The summed E-state index contributed by atoms with van der Waals surface area (Å²) in [5.41, 5.74) is 3.09. The van der Waals surface area contributed by atoms with E-state index in [9.17, 15) is 14.7 Å². The van der Waals surface area contributed by atoms with Crippen LogP contribution in [0.2, 0.25) is 0 Å². The summed E-state index contributed by atoms with van der Waals surface area (Å²) in [6.45, 7) is 0.370. The van der Waals surface area contributed by atoms with E-state index in [4.69, 9.17) is 0 Å². The van der Waals surface area contributed by atoms with E-state index < -0.39 is 12.0 Å². The van der Waals surface area contributed by atoms with Crippen LogP contribution >= 0.6 is 11.8 Å². The number of thioether (sulfide) groups is 1. The fourth-order valence-corrected chi connectivity index (χ4v) is 4.76. The van der Waals surface area contributed by atoms with E-state index in [1.807, 2.05) is 48.5 Å². The van der Waals surface area contributed by atoms with Crippen LogP contribution < -0.4 is 0 Å². The SMILES string of the molecule is O=C(O)C1Cc2ccccc2CN1C(=O)C1CSc2ccccc21. The molecule has 0 fully saturated rings. The summed E-state index contributed by atoms with van der Waals surface area (Å²) in [5.74, 6) is -0.577. The minimum absolute atomic E-state index is 0.0747. The third kappa shape index (κ3) is 2.49. The van der Waals surface area contributed by atoms with Gasteiger partial charge in [0.05, 0.1) is 5.92 Å². The number of carboxylic acid groups (broad SMARTS) is 1. The number of fused-ring (bicyclic) bond motifs is 2. The second-order valence-electron chi connectivity index (χ2n) is 6.19. The zero-order valence-corrected chi connectivity index (χ0v) is 13.8. The van der Waals surface area contributed by atoms with Gasteiger partial charge in [0.25, 0.3) is 0 Å². The number of rotatable bonds is 2. The molecule has 0 saturated carbocycles. The van der Waals surface area contributed by atoms with Crippen molar-refractivity contribution in [1.29, 1.82) is 0 Å². The Kier molecular flexibility index (Phi) is 3.81. The monoisotopic (exact) mass is 339 g/mol. The van der Waals surface area contributed by atoms with Gasteiger partial charge in [0.1, 0.15) is 6.04 Å². The summed E-state index contributed by atoms with van der Waals surface area (Å²) in [4.78, 5) is 27.6. The molecule has 2 heterocycles. The molecule has 122 valence electrons. The summed E-state index contributed by atoms with van der Waals surface area (Å²) < 4.78 is 0. The first-order chi connectivity index (χ1) is 11.6. The second-order valence-corrected chi connectivity index (χ2v) is 7.26. The molecule has 1 amide bonds. The maximum atomic E-state index is 13.1. The molecule has 2 atom stereocenters. The Morgan fingerprint density at radius 2 is 1.75 bits per heavy atom. The van der Waals surface area contributed by atoms with Gasteiger partial charge in [0.2, 0.25) is 5.91 Å². The van der Waals surface area contributed by atoms with Gasteiger partial charge >= 0.3 is 5.97 Å². The van der Waals surface area contributed by atoms with Crippen LogP contribution in [0.3, 0.4) is 0 Å². The fourth-order valence-electron chi connectivity index (χ4n) is 3.54. The van der Waals surface area contributed by atoms with Crippen LogP contribution in [0, 0.1) is 0 Å².